The van der Waals surface area contributed by atoms with E-state index in [-0.39, 0.29) is 16.8 Å². The Kier molecular flexibility index (Phi) is 5.55. The first-order chi connectivity index (χ1) is 14.5. The number of anilines is 1. The van der Waals surface area contributed by atoms with Crippen LogP contribution in [0.5, 0.6) is 0 Å². The number of aryl methyl sites for hydroxylation is 1. The van der Waals surface area contributed by atoms with Crippen LogP contribution in [0.3, 0.4) is 0 Å². The second-order valence-electron chi connectivity index (χ2n) is 7.36. The van der Waals surface area contributed by atoms with Crippen molar-refractivity contribution in [3.05, 3.63) is 89.7 Å². The molecule has 1 unspecified atom stereocenters. The van der Waals surface area contributed by atoms with Gasteiger partial charge in [-0.25, -0.2) is 8.42 Å². The molecule has 154 valence electrons. The van der Waals surface area contributed by atoms with Gasteiger partial charge in [0.05, 0.1) is 22.3 Å². The molecule has 0 spiro atoms. The van der Waals surface area contributed by atoms with Gasteiger partial charge in [-0.15, -0.1) is 0 Å². The van der Waals surface area contributed by atoms with Crippen LogP contribution in [-0.2, 0) is 10.0 Å². The number of carbonyl (C=O) groups excluding carboxylic acids is 1. The number of aromatic nitrogens is 1. The Hall–Kier alpha value is -3.19. The molecule has 4 rings (SSSR count). The molecule has 0 aliphatic carbocycles. The number of hydrogen-bond acceptors (Lipinski definition) is 4. The topological polar surface area (TPSA) is 79.4 Å². The van der Waals surface area contributed by atoms with Crippen molar-refractivity contribution in [3.8, 4) is 0 Å². The zero-order chi connectivity index (χ0) is 21.1. The number of carbonyl (C=O) groups is 1. The van der Waals surface area contributed by atoms with Crippen molar-refractivity contribution in [2.75, 3.05) is 11.3 Å². The standard InChI is InChI=1S/C23H23N3O3S/c1-17-7-2-3-8-20(17)25-30(28,29)19-13-11-18(12-14-19)23(27)26-16-6-10-22(26)21-9-4-5-15-24-21/h2-5,7-9,11-15,22,25H,6,10,16H2,1H3. The van der Waals surface area contributed by atoms with E-state index >= 15 is 0 Å². The van der Waals surface area contributed by atoms with E-state index in [9.17, 15) is 13.2 Å². The normalized spacial score (nSPS) is 16.4. The van der Waals surface area contributed by atoms with Gasteiger partial charge in [-0.1, -0.05) is 24.3 Å². The first kappa shape index (κ1) is 20.1. The second kappa shape index (κ2) is 8.28. The van der Waals surface area contributed by atoms with Crippen LogP contribution in [-0.4, -0.2) is 30.8 Å². The SMILES string of the molecule is Cc1ccccc1NS(=O)(=O)c1ccc(C(=O)N2CCCC2c2ccccn2)cc1. The highest BCUT2D eigenvalue weighted by atomic mass is 32.2. The molecule has 1 aliphatic heterocycles. The summed E-state index contributed by atoms with van der Waals surface area (Å²) in [5, 5.41) is 0. The number of nitrogens with zero attached hydrogens (tertiary/aromatic N) is 2. The fraction of sp³-hybridized carbons (Fsp3) is 0.217. The molecule has 2 heterocycles. The van der Waals surface area contributed by atoms with Crippen LogP contribution in [0.4, 0.5) is 5.69 Å². The maximum Gasteiger partial charge on any atom is 0.261 e. The van der Waals surface area contributed by atoms with E-state index in [2.05, 4.69) is 9.71 Å². The number of amides is 1. The van der Waals surface area contributed by atoms with E-state index in [1.807, 2.05) is 42.2 Å². The second-order valence-corrected chi connectivity index (χ2v) is 9.04. The molecule has 1 fully saturated rings. The van der Waals surface area contributed by atoms with E-state index in [0.29, 0.717) is 17.8 Å². The fourth-order valence-corrected chi connectivity index (χ4v) is 4.85. The monoisotopic (exact) mass is 421 g/mol. The Bertz CT molecular complexity index is 1150. The van der Waals surface area contributed by atoms with Gasteiger partial charge in [0.15, 0.2) is 0 Å². The number of benzene rings is 2. The van der Waals surface area contributed by atoms with Crippen molar-refractivity contribution in [2.45, 2.75) is 30.7 Å². The quantitative estimate of drug-likeness (QED) is 0.671. The summed E-state index contributed by atoms with van der Waals surface area (Å²) >= 11 is 0. The Labute approximate surface area is 176 Å². The molecule has 30 heavy (non-hydrogen) atoms. The molecule has 7 heteroatoms. The smallest absolute Gasteiger partial charge is 0.261 e. The van der Waals surface area contributed by atoms with E-state index in [0.717, 1.165) is 24.1 Å². The summed E-state index contributed by atoms with van der Waals surface area (Å²) < 4.78 is 28.0. The van der Waals surface area contributed by atoms with Gasteiger partial charge in [-0.3, -0.25) is 14.5 Å². The highest BCUT2D eigenvalue weighted by Gasteiger charge is 2.31. The molecule has 6 nitrogen and oxygen atoms in total. The van der Waals surface area contributed by atoms with Crippen LogP contribution in [0.25, 0.3) is 0 Å². The summed E-state index contributed by atoms with van der Waals surface area (Å²) in [5.74, 6) is -0.112. The van der Waals surface area contributed by atoms with Gasteiger partial charge in [0.2, 0.25) is 0 Å². The van der Waals surface area contributed by atoms with Gasteiger partial charge in [0.1, 0.15) is 0 Å². The predicted octanol–water partition coefficient (Wildman–Crippen LogP) is 4.17. The van der Waals surface area contributed by atoms with Crippen molar-refractivity contribution >= 4 is 21.6 Å². The van der Waals surface area contributed by atoms with Crippen molar-refractivity contribution < 1.29 is 13.2 Å². The minimum absolute atomic E-state index is 0.0511. The highest BCUT2D eigenvalue weighted by Crippen LogP contribution is 2.32. The molecule has 1 atom stereocenters. The van der Waals surface area contributed by atoms with Crippen LogP contribution in [0.2, 0.25) is 0 Å². The molecule has 1 aliphatic rings. The first-order valence-corrected chi connectivity index (χ1v) is 11.3. The summed E-state index contributed by atoms with van der Waals surface area (Å²) in [6.45, 7) is 2.50. The molecule has 1 aromatic heterocycles. The number of nitrogens with one attached hydrogen (secondary N) is 1. The first-order valence-electron chi connectivity index (χ1n) is 9.86. The maximum atomic E-state index is 13.1. The Morgan fingerprint density at radius 1 is 1.03 bits per heavy atom. The highest BCUT2D eigenvalue weighted by molar-refractivity contribution is 7.92. The fourth-order valence-electron chi connectivity index (χ4n) is 3.72. The van der Waals surface area contributed by atoms with Crippen molar-refractivity contribution in [1.29, 1.82) is 0 Å². The number of pyridine rings is 1. The Morgan fingerprint density at radius 2 is 1.77 bits per heavy atom. The van der Waals surface area contributed by atoms with Crippen LogP contribution < -0.4 is 4.72 Å². The number of sulfonamides is 1. The van der Waals surface area contributed by atoms with Crippen molar-refractivity contribution in [2.24, 2.45) is 0 Å². The average Bonchev–Trinajstić information content (AvgIpc) is 3.25. The molecule has 0 radical (unpaired) electrons. The lowest BCUT2D eigenvalue weighted by molar-refractivity contribution is 0.0733. The Balaban J connectivity index is 1.53. The average molecular weight is 422 g/mol. The predicted molar refractivity (Wildman–Crippen MR) is 116 cm³/mol. The van der Waals surface area contributed by atoms with E-state index in [4.69, 9.17) is 0 Å². The van der Waals surface area contributed by atoms with Crippen molar-refractivity contribution in [3.63, 3.8) is 0 Å². The molecular formula is C23H23N3O3S. The molecule has 1 saturated heterocycles. The summed E-state index contributed by atoms with van der Waals surface area (Å²) in [7, 11) is -3.74. The third-order valence-electron chi connectivity index (χ3n) is 5.34. The van der Waals surface area contributed by atoms with Crippen LogP contribution in [0.15, 0.2) is 77.8 Å². The van der Waals surface area contributed by atoms with E-state index in [1.54, 1.807) is 30.5 Å². The van der Waals surface area contributed by atoms with Gasteiger partial charge >= 0.3 is 0 Å². The molecule has 1 amide bonds. The van der Waals surface area contributed by atoms with E-state index in [1.165, 1.54) is 12.1 Å². The maximum absolute atomic E-state index is 13.1. The lowest BCUT2D eigenvalue weighted by Gasteiger charge is -2.24. The lowest BCUT2D eigenvalue weighted by Crippen LogP contribution is -2.31. The summed E-state index contributed by atoms with van der Waals surface area (Å²) in [6.07, 6.45) is 3.52. The molecule has 0 bridgehead atoms. The number of likely N-dealkylation sites (tertiary alicyclic amines) is 1. The lowest BCUT2D eigenvalue weighted by atomic mass is 10.1. The molecule has 1 N–H and O–H groups in total. The third kappa shape index (κ3) is 4.07. The van der Waals surface area contributed by atoms with Crippen molar-refractivity contribution in [1.82, 2.24) is 9.88 Å². The number of para-hydroxylation sites is 1. The van der Waals surface area contributed by atoms with Gasteiger partial charge in [-0.2, -0.15) is 0 Å². The summed E-state index contributed by atoms with van der Waals surface area (Å²) in [5.41, 5.74) is 2.72. The van der Waals surface area contributed by atoms with Gasteiger partial charge in [0, 0.05) is 18.3 Å². The minimum atomic E-state index is -3.74. The van der Waals surface area contributed by atoms with Crippen LogP contribution >= 0.6 is 0 Å². The Morgan fingerprint density at radius 3 is 2.47 bits per heavy atom. The largest absolute Gasteiger partial charge is 0.330 e. The number of hydrogen-bond donors (Lipinski definition) is 1. The number of rotatable bonds is 5. The van der Waals surface area contributed by atoms with Crippen LogP contribution in [0, 0.1) is 6.92 Å². The van der Waals surface area contributed by atoms with Gasteiger partial charge in [-0.05, 0) is 67.8 Å². The molecule has 2 aromatic carbocycles. The van der Waals surface area contributed by atoms with E-state index < -0.39 is 10.0 Å². The van der Waals surface area contributed by atoms with Crippen LogP contribution in [0.1, 0.15) is 40.5 Å². The molecular weight excluding hydrogens is 398 g/mol. The zero-order valence-corrected chi connectivity index (χ0v) is 17.5. The van der Waals surface area contributed by atoms with Gasteiger partial charge < -0.3 is 4.90 Å². The summed E-state index contributed by atoms with van der Waals surface area (Å²) in [4.78, 5) is 19.4. The minimum Gasteiger partial charge on any atom is -0.330 e. The molecule has 3 aromatic rings. The third-order valence-corrected chi connectivity index (χ3v) is 6.73. The molecule has 0 saturated carbocycles. The van der Waals surface area contributed by atoms with Gasteiger partial charge in [0.25, 0.3) is 15.9 Å². The summed E-state index contributed by atoms with van der Waals surface area (Å²) in [6, 6.07) is 18.9. The zero-order valence-electron chi connectivity index (χ0n) is 16.7.